The molecule has 0 heterocycles. The van der Waals surface area contributed by atoms with Crippen LogP contribution in [0.25, 0.3) is 0 Å². The van der Waals surface area contributed by atoms with E-state index in [9.17, 15) is 9.59 Å². The number of aromatic carboxylic acids is 2. The number of nitrogens with one attached hydrogen (secondary N) is 1. The van der Waals surface area contributed by atoms with Crippen molar-refractivity contribution in [1.82, 2.24) is 0 Å². The molecule has 0 radical (unpaired) electrons. The Balaban J connectivity index is 2.39. The summed E-state index contributed by atoms with van der Waals surface area (Å²) in [6.07, 6.45) is 0. The normalized spacial score (nSPS) is 10.2. The molecule has 108 valence electrons. The average molecular weight is 285 g/mol. The van der Waals surface area contributed by atoms with Crippen LogP contribution in [0.4, 0.5) is 11.4 Å². The number of hydrogen-bond donors (Lipinski definition) is 3. The molecule has 5 nitrogen and oxygen atoms in total. The summed E-state index contributed by atoms with van der Waals surface area (Å²) in [6, 6.07) is 10.0. The highest BCUT2D eigenvalue weighted by atomic mass is 16.4. The third-order valence-electron chi connectivity index (χ3n) is 3.14. The zero-order valence-corrected chi connectivity index (χ0v) is 11.7. The molecule has 0 saturated heterocycles. The Hall–Kier alpha value is -2.82. The fourth-order valence-electron chi connectivity index (χ4n) is 2.09. The topological polar surface area (TPSA) is 86.6 Å². The number of hydrogen-bond acceptors (Lipinski definition) is 3. The van der Waals surface area contributed by atoms with Gasteiger partial charge in [0.25, 0.3) is 0 Å². The fourth-order valence-corrected chi connectivity index (χ4v) is 2.09. The van der Waals surface area contributed by atoms with Crippen molar-refractivity contribution in [1.29, 1.82) is 0 Å². The van der Waals surface area contributed by atoms with Gasteiger partial charge in [0, 0.05) is 11.4 Å². The number of benzene rings is 2. The van der Waals surface area contributed by atoms with Gasteiger partial charge < -0.3 is 15.5 Å². The number of carboxylic acid groups (broad SMARTS) is 2. The number of rotatable bonds is 4. The quantitative estimate of drug-likeness (QED) is 0.801. The molecule has 0 amide bonds. The van der Waals surface area contributed by atoms with Crippen LogP contribution in [0.15, 0.2) is 36.4 Å². The molecular weight excluding hydrogens is 270 g/mol. The van der Waals surface area contributed by atoms with Crippen molar-refractivity contribution >= 4 is 23.3 Å². The molecule has 3 N–H and O–H groups in total. The van der Waals surface area contributed by atoms with Gasteiger partial charge in [-0.2, -0.15) is 0 Å². The Morgan fingerprint density at radius 3 is 2.14 bits per heavy atom. The molecule has 0 spiro atoms. The van der Waals surface area contributed by atoms with Gasteiger partial charge in [-0.3, -0.25) is 0 Å². The van der Waals surface area contributed by atoms with Crippen molar-refractivity contribution in [2.45, 2.75) is 13.8 Å². The maximum Gasteiger partial charge on any atom is 0.336 e. The lowest BCUT2D eigenvalue weighted by molar-refractivity contribution is 0.0651. The van der Waals surface area contributed by atoms with Gasteiger partial charge in [-0.05, 0) is 43.7 Å². The predicted molar refractivity (Wildman–Crippen MR) is 79.6 cm³/mol. The smallest absolute Gasteiger partial charge is 0.336 e. The van der Waals surface area contributed by atoms with Crippen molar-refractivity contribution in [3.05, 3.63) is 58.7 Å². The summed E-state index contributed by atoms with van der Waals surface area (Å²) in [7, 11) is 0. The van der Waals surface area contributed by atoms with Crippen LogP contribution >= 0.6 is 0 Å². The van der Waals surface area contributed by atoms with Gasteiger partial charge >= 0.3 is 11.9 Å². The molecule has 0 aliphatic rings. The van der Waals surface area contributed by atoms with Crippen LogP contribution in [0.2, 0.25) is 0 Å². The lowest BCUT2D eigenvalue weighted by atomic mass is 10.1. The first kappa shape index (κ1) is 14.6. The molecule has 21 heavy (non-hydrogen) atoms. The summed E-state index contributed by atoms with van der Waals surface area (Å²) < 4.78 is 0. The van der Waals surface area contributed by atoms with E-state index in [0.717, 1.165) is 16.8 Å². The molecule has 0 bridgehead atoms. The second-order valence-electron chi connectivity index (χ2n) is 4.81. The van der Waals surface area contributed by atoms with Gasteiger partial charge in [0.1, 0.15) is 0 Å². The minimum Gasteiger partial charge on any atom is -0.478 e. The van der Waals surface area contributed by atoms with Crippen molar-refractivity contribution < 1.29 is 19.8 Å². The van der Waals surface area contributed by atoms with Gasteiger partial charge in [-0.1, -0.05) is 17.7 Å². The minimum atomic E-state index is -1.27. The highest BCUT2D eigenvalue weighted by Gasteiger charge is 2.16. The van der Waals surface area contributed by atoms with E-state index in [1.807, 2.05) is 32.0 Å². The Morgan fingerprint density at radius 1 is 0.905 bits per heavy atom. The Bertz CT molecular complexity index is 722. The molecule has 2 rings (SSSR count). The van der Waals surface area contributed by atoms with Gasteiger partial charge in [0.2, 0.25) is 0 Å². The molecule has 0 aliphatic heterocycles. The van der Waals surface area contributed by atoms with Crippen LogP contribution in [0.5, 0.6) is 0 Å². The van der Waals surface area contributed by atoms with Gasteiger partial charge in [0.15, 0.2) is 0 Å². The zero-order valence-electron chi connectivity index (χ0n) is 11.7. The molecule has 0 saturated carbocycles. The van der Waals surface area contributed by atoms with Crippen LogP contribution in [0, 0.1) is 13.8 Å². The van der Waals surface area contributed by atoms with E-state index >= 15 is 0 Å². The largest absolute Gasteiger partial charge is 0.478 e. The second-order valence-corrected chi connectivity index (χ2v) is 4.81. The molecule has 0 atom stereocenters. The lowest BCUT2D eigenvalue weighted by Crippen LogP contribution is -2.08. The van der Waals surface area contributed by atoms with E-state index in [1.54, 1.807) is 6.07 Å². The summed E-state index contributed by atoms with van der Waals surface area (Å²) in [5.41, 5.74) is 3.06. The fraction of sp³-hybridized carbons (Fsp3) is 0.125. The maximum absolute atomic E-state index is 11.2. The van der Waals surface area contributed by atoms with Crippen molar-refractivity contribution in [2.24, 2.45) is 0 Å². The van der Waals surface area contributed by atoms with E-state index in [4.69, 9.17) is 10.2 Å². The van der Waals surface area contributed by atoms with Crippen LogP contribution < -0.4 is 5.32 Å². The first-order chi connectivity index (χ1) is 9.88. The van der Waals surface area contributed by atoms with E-state index in [-0.39, 0.29) is 11.1 Å². The summed E-state index contributed by atoms with van der Waals surface area (Å²) >= 11 is 0. The van der Waals surface area contributed by atoms with Crippen LogP contribution in [0.3, 0.4) is 0 Å². The monoisotopic (exact) mass is 285 g/mol. The van der Waals surface area contributed by atoms with Crippen molar-refractivity contribution in [3.63, 3.8) is 0 Å². The van der Waals surface area contributed by atoms with Crippen LogP contribution in [0.1, 0.15) is 31.8 Å². The Labute approximate surface area is 121 Å². The number of aryl methyl sites for hydroxylation is 2. The highest BCUT2D eigenvalue weighted by molar-refractivity contribution is 6.02. The lowest BCUT2D eigenvalue weighted by Gasteiger charge is -2.12. The summed E-state index contributed by atoms with van der Waals surface area (Å²) in [4.78, 5) is 22.2. The first-order valence-corrected chi connectivity index (χ1v) is 6.33. The minimum absolute atomic E-state index is 0.228. The molecule has 0 unspecified atom stereocenters. The SMILES string of the molecule is Cc1ccc(Nc2ccc(C(=O)O)c(C(=O)O)c2)c(C)c1. The average Bonchev–Trinajstić information content (AvgIpc) is 2.41. The molecule has 0 fully saturated rings. The summed E-state index contributed by atoms with van der Waals surface area (Å²) in [6.45, 7) is 3.93. The van der Waals surface area contributed by atoms with Crippen LogP contribution in [-0.2, 0) is 0 Å². The standard InChI is InChI=1S/C16H15NO4/c1-9-3-6-14(10(2)7-9)17-11-4-5-12(15(18)19)13(8-11)16(20)21/h3-8,17H,1-2H3,(H,18,19)(H,20,21). The number of carbonyl (C=O) groups is 2. The van der Waals surface area contributed by atoms with E-state index < -0.39 is 11.9 Å². The molecule has 2 aromatic rings. The van der Waals surface area contributed by atoms with Crippen molar-refractivity contribution in [3.8, 4) is 0 Å². The second kappa shape index (κ2) is 5.66. The number of carboxylic acids is 2. The van der Waals surface area contributed by atoms with Gasteiger partial charge in [-0.15, -0.1) is 0 Å². The molecule has 2 aromatic carbocycles. The Kier molecular flexibility index (Phi) is 3.93. The zero-order chi connectivity index (χ0) is 15.6. The van der Waals surface area contributed by atoms with Crippen LogP contribution in [-0.4, -0.2) is 22.2 Å². The Morgan fingerprint density at radius 2 is 1.57 bits per heavy atom. The highest BCUT2D eigenvalue weighted by Crippen LogP contribution is 2.23. The molecule has 0 aliphatic carbocycles. The van der Waals surface area contributed by atoms with E-state index in [1.165, 1.54) is 12.1 Å². The van der Waals surface area contributed by atoms with E-state index in [0.29, 0.717) is 5.69 Å². The third kappa shape index (κ3) is 3.20. The van der Waals surface area contributed by atoms with Crippen molar-refractivity contribution in [2.75, 3.05) is 5.32 Å². The maximum atomic E-state index is 11.2. The van der Waals surface area contributed by atoms with Gasteiger partial charge in [0.05, 0.1) is 11.1 Å². The molecule has 0 aromatic heterocycles. The summed E-state index contributed by atoms with van der Waals surface area (Å²) in [5.74, 6) is -2.53. The summed E-state index contributed by atoms with van der Waals surface area (Å²) in [5, 5.41) is 21.2. The van der Waals surface area contributed by atoms with Gasteiger partial charge in [-0.25, -0.2) is 9.59 Å². The predicted octanol–water partition coefficient (Wildman–Crippen LogP) is 3.44. The van der Waals surface area contributed by atoms with E-state index in [2.05, 4.69) is 5.32 Å². The molecule has 5 heteroatoms. The molecular formula is C16H15NO4. The third-order valence-corrected chi connectivity index (χ3v) is 3.14. The number of anilines is 2. The first-order valence-electron chi connectivity index (χ1n) is 6.33.